The van der Waals surface area contributed by atoms with Crippen molar-refractivity contribution >= 4 is 17.6 Å². The fourth-order valence-corrected chi connectivity index (χ4v) is 2.87. The summed E-state index contributed by atoms with van der Waals surface area (Å²) >= 11 is 0. The molecule has 0 unspecified atom stereocenters. The highest BCUT2D eigenvalue weighted by atomic mass is 16.2. The van der Waals surface area contributed by atoms with Crippen LogP contribution in [0.5, 0.6) is 0 Å². The average Bonchev–Trinajstić information content (AvgIpc) is 2.57. The molecule has 1 aromatic carbocycles. The second-order valence-electron chi connectivity index (χ2n) is 6.96. The van der Waals surface area contributed by atoms with E-state index in [1.54, 1.807) is 0 Å². The third kappa shape index (κ3) is 5.55. The fourth-order valence-electron chi connectivity index (χ4n) is 2.87. The molecule has 1 aromatic rings. The van der Waals surface area contributed by atoms with E-state index in [0.29, 0.717) is 5.92 Å². The lowest BCUT2D eigenvalue weighted by Crippen LogP contribution is -2.41. The Bertz CT molecular complexity index is 546. The molecule has 2 rings (SSSR count). The molecule has 2 N–H and O–H groups in total. The molecule has 3 amide bonds. The van der Waals surface area contributed by atoms with Crippen LogP contribution in [0.3, 0.4) is 0 Å². The molecule has 1 fully saturated rings. The van der Waals surface area contributed by atoms with Gasteiger partial charge in [0.15, 0.2) is 0 Å². The normalized spacial score (nSPS) is 15.4. The van der Waals surface area contributed by atoms with Crippen molar-refractivity contribution < 1.29 is 9.59 Å². The first-order valence-electron chi connectivity index (χ1n) is 8.86. The van der Waals surface area contributed by atoms with Crippen LogP contribution in [0.15, 0.2) is 24.3 Å². The predicted molar refractivity (Wildman–Crippen MR) is 97.0 cm³/mol. The van der Waals surface area contributed by atoms with Gasteiger partial charge in [-0.15, -0.1) is 0 Å². The van der Waals surface area contributed by atoms with Gasteiger partial charge in [-0.25, -0.2) is 4.79 Å². The van der Waals surface area contributed by atoms with E-state index in [4.69, 9.17) is 0 Å². The molecule has 0 bridgehead atoms. The van der Waals surface area contributed by atoms with Gasteiger partial charge in [-0.3, -0.25) is 4.79 Å². The molecule has 0 aromatic heterocycles. The number of rotatable bonds is 5. The van der Waals surface area contributed by atoms with Crippen molar-refractivity contribution in [3.63, 3.8) is 0 Å². The first kappa shape index (κ1) is 18.3. The average molecular weight is 331 g/mol. The zero-order valence-corrected chi connectivity index (χ0v) is 15.0. The predicted octanol–water partition coefficient (Wildman–Crippen LogP) is 3.40. The van der Waals surface area contributed by atoms with Crippen LogP contribution in [0, 0.1) is 18.8 Å². The highest BCUT2D eigenvalue weighted by molar-refractivity contribution is 5.89. The topological polar surface area (TPSA) is 61.4 Å². The van der Waals surface area contributed by atoms with Crippen molar-refractivity contribution in [3.8, 4) is 0 Å². The molecule has 0 radical (unpaired) electrons. The Morgan fingerprint density at radius 3 is 2.38 bits per heavy atom. The number of nitrogens with one attached hydrogen (secondary N) is 2. The smallest absolute Gasteiger partial charge is 0.321 e. The van der Waals surface area contributed by atoms with Gasteiger partial charge in [0.2, 0.25) is 5.91 Å². The number of amides is 3. The first-order chi connectivity index (χ1) is 11.5. The van der Waals surface area contributed by atoms with E-state index in [2.05, 4.69) is 10.6 Å². The van der Waals surface area contributed by atoms with Crippen LogP contribution in [0.2, 0.25) is 0 Å². The maximum absolute atomic E-state index is 12.3. The molecule has 1 aliphatic heterocycles. The Hall–Kier alpha value is -2.04. The Balaban J connectivity index is 1.69. The number of anilines is 1. The number of hydrogen-bond acceptors (Lipinski definition) is 2. The number of urea groups is 1. The summed E-state index contributed by atoms with van der Waals surface area (Å²) in [6.45, 7) is 8.12. The molecule has 5 nitrogen and oxygen atoms in total. The number of carbonyl (C=O) groups excluding carboxylic acids is 2. The van der Waals surface area contributed by atoms with Gasteiger partial charge < -0.3 is 15.5 Å². The molecule has 5 heteroatoms. The molecule has 0 atom stereocenters. The minimum Gasteiger partial charge on any atom is -0.356 e. The van der Waals surface area contributed by atoms with Gasteiger partial charge in [0.1, 0.15) is 0 Å². The molecule has 1 aliphatic rings. The van der Waals surface area contributed by atoms with E-state index in [1.807, 2.05) is 49.9 Å². The minimum atomic E-state index is -0.0228. The van der Waals surface area contributed by atoms with E-state index in [-0.39, 0.29) is 17.9 Å². The highest BCUT2D eigenvalue weighted by Crippen LogP contribution is 2.21. The van der Waals surface area contributed by atoms with Crippen molar-refractivity contribution in [1.29, 1.82) is 0 Å². The van der Waals surface area contributed by atoms with E-state index < -0.39 is 0 Å². The molecule has 24 heavy (non-hydrogen) atoms. The van der Waals surface area contributed by atoms with Gasteiger partial charge in [-0.1, -0.05) is 31.5 Å². The van der Waals surface area contributed by atoms with Crippen molar-refractivity contribution in [1.82, 2.24) is 10.2 Å². The van der Waals surface area contributed by atoms with Gasteiger partial charge in [0, 0.05) is 31.2 Å². The summed E-state index contributed by atoms with van der Waals surface area (Å²) in [6.07, 6.45) is 2.99. The molecule has 1 saturated heterocycles. The summed E-state index contributed by atoms with van der Waals surface area (Å²) in [6, 6.07) is 7.82. The Morgan fingerprint density at radius 1 is 1.17 bits per heavy atom. The minimum absolute atomic E-state index is 0.0228. The monoisotopic (exact) mass is 331 g/mol. The van der Waals surface area contributed by atoms with Crippen LogP contribution in [-0.2, 0) is 4.79 Å². The molecular weight excluding hydrogens is 302 g/mol. The molecule has 0 aliphatic carbocycles. The maximum Gasteiger partial charge on any atom is 0.321 e. The van der Waals surface area contributed by atoms with Gasteiger partial charge in [-0.2, -0.15) is 0 Å². The van der Waals surface area contributed by atoms with E-state index in [0.717, 1.165) is 44.6 Å². The number of nitrogens with zero attached hydrogens (tertiary/aromatic N) is 1. The van der Waals surface area contributed by atoms with Crippen LogP contribution >= 0.6 is 0 Å². The van der Waals surface area contributed by atoms with E-state index >= 15 is 0 Å². The Kier molecular flexibility index (Phi) is 6.64. The van der Waals surface area contributed by atoms with Crippen molar-refractivity contribution in [2.75, 3.05) is 25.0 Å². The van der Waals surface area contributed by atoms with Crippen LogP contribution < -0.4 is 10.6 Å². The lowest BCUT2D eigenvalue weighted by atomic mass is 9.93. The van der Waals surface area contributed by atoms with Gasteiger partial charge in [0.05, 0.1) is 0 Å². The third-order valence-corrected chi connectivity index (χ3v) is 4.58. The number of aryl methyl sites for hydroxylation is 1. The Morgan fingerprint density at radius 2 is 1.79 bits per heavy atom. The second-order valence-corrected chi connectivity index (χ2v) is 6.96. The van der Waals surface area contributed by atoms with Crippen molar-refractivity contribution in [3.05, 3.63) is 29.8 Å². The fraction of sp³-hybridized carbons (Fsp3) is 0.579. The lowest BCUT2D eigenvalue weighted by molar-refractivity contribution is -0.124. The quantitative estimate of drug-likeness (QED) is 0.868. The summed E-state index contributed by atoms with van der Waals surface area (Å²) in [7, 11) is 0. The van der Waals surface area contributed by atoms with Crippen molar-refractivity contribution in [2.24, 2.45) is 11.8 Å². The zero-order chi connectivity index (χ0) is 17.5. The van der Waals surface area contributed by atoms with Gasteiger partial charge in [0.25, 0.3) is 0 Å². The molecular formula is C19H29N3O2. The number of likely N-dealkylation sites (tertiary alicyclic amines) is 1. The van der Waals surface area contributed by atoms with Crippen LogP contribution in [-0.4, -0.2) is 36.5 Å². The molecule has 132 valence electrons. The summed E-state index contributed by atoms with van der Waals surface area (Å²) in [5.41, 5.74) is 2.02. The van der Waals surface area contributed by atoms with Crippen molar-refractivity contribution in [2.45, 2.75) is 40.0 Å². The van der Waals surface area contributed by atoms with Gasteiger partial charge >= 0.3 is 6.03 Å². The Labute approximate surface area is 144 Å². The van der Waals surface area contributed by atoms with Gasteiger partial charge in [-0.05, 0) is 44.2 Å². The van der Waals surface area contributed by atoms with Crippen LogP contribution in [0.4, 0.5) is 10.5 Å². The number of piperidine rings is 1. The summed E-state index contributed by atoms with van der Waals surface area (Å²) in [5, 5.41) is 5.92. The van der Waals surface area contributed by atoms with Crippen LogP contribution in [0.1, 0.15) is 38.7 Å². The number of benzene rings is 1. The third-order valence-electron chi connectivity index (χ3n) is 4.58. The zero-order valence-electron chi connectivity index (χ0n) is 15.0. The van der Waals surface area contributed by atoms with Crippen LogP contribution in [0.25, 0.3) is 0 Å². The molecule has 0 spiro atoms. The van der Waals surface area contributed by atoms with E-state index in [1.165, 1.54) is 5.56 Å². The molecule has 0 saturated carbocycles. The summed E-state index contributed by atoms with van der Waals surface area (Å²) < 4.78 is 0. The molecule has 1 heterocycles. The number of carbonyl (C=O) groups is 2. The maximum atomic E-state index is 12.3. The summed E-state index contributed by atoms with van der Waals surface area (Å²) in [5.74, 6) is 0.739. The second kappa shape index (κ2) is 8.71. The lowest BCUT2D eigenvalue weighted by Gasteiger charge is -2.32. The summed E-state index contributed by atoms with van der Waals surface area (Å²) in [4.78, 5) is 25.7. The highest BCUT2D eigenvalue weighted by Gasteiger charge is 2.22. The van der Waals surface area contributed by atoms with E-state index in [9.17, 15) is 9.59 Å². The SMILES string of the molecule is Cc1ccc(NC(=O)N2CCC(CCNC(=O)C(C)C)CC2)cc1. The largest absolute Gasteiger partial charge is 0.356 e. The number of hydrogen-bond donors (Lipinski definition) is 2. The first-order valence-corrected chi connectivity index (χ1v) is 8.86. The standard InChI is InChI=1S/C19H29N3O2/c1-14(2)18(23)20-11-8-16-9-12-22(13-10-16)19(24)21-17-6-4-15(3)5-7-17/h4-7,14,16H,8-13H2,1-3H3,(H,20,23)(H,21,24).